The number of hydrogen-bond acceptors (Lipinski definition) is 4. The van der Waals surface area contributed by atoms with E-state index in [2.05, 4.69) is 11.4 Å². The molecule has 2 N–H and O–H groups in total. The molecule has 0 aliphatic carbocycles. The minimum absolute atomic E-state index is 0.0234. The van der Waals surface area contributed by atoms with E-state index >= 15 is 0 Å². The van der Waals surface area contributed by atoms with Gasteiger partial charge in [-0.1, -0.05) is 24.3 Å². The monoisotopic (exact) mass is 377 g/mol. The van der Waals surface area contributed by atoms with Gasteiger partial charge in [0.15, 0.2) is 0 Å². The smallest absolute Gasteiger partial charge is 0.254 e. The van der Waals surface area contributed by atoms with Crippen LogP contribution in [0.5, 0.6) is 5.75 Å². The van der Waals surface area contributed by atoms with E-state index in [4.69, 9.17) is 0 Å². The van der Waals surface area contributed by atoms with Gasteiger partial charge in [0.05, 0.1) is 13.1 Å². The fourth-order valence-electron chi connectivity index (χ4n) is 3.63. The molecule has 2 aromatic carbocycles. The molecule has 0 atom stereocenters. The Labute approximate surface area is 164 Å². The van der Waals surface area contributed by atoms with Crippen LogP contribution >= 0.6 is 0 Å². The molecule has 2 heterocycles. The third kappa shape index (κ3) is 3.77. The van der Waals surface area contributed by atoms with Crippen LogP contribution in [0.25, 0.3) is 0 Å². The number of carbonyl (C=O) groups excluding carboxylic acids is 2. The van der Waals surface area contributed by atoms with Crippen molar-refractivity contribution in [2.24, 2.45) is 0 Å². The van der Waals surface area contributed by atoms with Gasteiger partial charge in [-0.3, -0.25) is 9.59 Å². The molecule has 28 heavy (non-hydrogen) atoms. The van der Waals surface area contributed by atoms with Crippen molar-refractivity contribution in [3.8, 4) is 5.75 Å². The van der Waals surface area contributed by atoms with Crippen LogP contribution < -0.4 is 10.2 Å². The van der Waals surface area contributed by atoms with Gasteiger partial charge in [0.1, 0.15) is 5.75 Å². The lowest BCUT2D eigenvalue weighted by molar-refractivity contribution is -0.117. The Morgan fingerprint density at radius 1 is 1.07 bits per heavy atom. The maximum Gasteiger partial charge on any atom is 0.254 e. The Bertz CT molecular complexity index is 921. The lowest BCUT2D eigenvalue weighted by Crippen LogP contribution is -2.35. The van der Waals surface area contributed by atoms with E-state index in [0.29, 0.717) is 25.2 Å². The SMILES string of the molecule is O=C(c1ccc(CN2C(=O)CNCc3cc(O)ccc32)cc1)N1CC=CCC1. The molecule has 0 aromatic heterocycles. The molecule has 2 amide bonds. The fraction of sp³-hybridized carbons (Fsp3) is 0.273. The van der Waals surface area contributed by atoms with Crippen molar-refractivity contribution in [2.45, 2.75) is 19.5 Å². The van der Waals surface area contributed by atoms with Gasteiger partial charge in [-0.2, -0.15) is 0 Å². The zero-order valence-corrected chi connectivity index (χ0v) is 15.6. The lowest BCUT2D eigenvalue weighted by atomic mass is 10.1. The quantitative estimate of drug-likeness (QED) is 0.806. The highest BCUT2D eigenvalue weighted by molar-refractivity contribution is 5.96. The molecule has 0 radical (unpaired) electrons. The molecule has 6 heteroatoms. The molecular formula is C22H23N3O3. The maximum atomic E-state index is 12.6. The average Bonchev–Trinajstić information content (AvgIpc) is 2.87. The van der Waals surface area contributed by atoms with Crippen LogP contribution in [-0.2, 0) is 17.9 Å². The number of benzene rings is 2. The fourth-order valence-corrected chi connectivity index (χ4v) is 3.63. The Morgan fingerprint density at radius 3 is 2.64 bits per heavy atom. The van der Waals surface area contributed by atoms with E-state index in [9.17, 15) is 14.7 Å². The number of amides is 2. The first-order valence-electron chi connectivity index (χ1n) is 9.48. The van der Waals surface area contributed by atoms with Crippen LogP contribution in [0.2, 0.25) is 0 Å². The van der Waals surface area contributed by atoms with E-state index in [0.717, 1.165) is 29.8 Å². The van der Waals surface area contributed by atoms with E-state index in [-0.39, 0.29) is 24.1 Å². The largest absolute Gasteiger partial charge is 0.508 e. The third-order valence-corrected chi connectivity index (χ3v) is 5.13. The summed E-state index contributed by atoms with van der Waals surface area (Å²) in [4.78, 5) is 28.7. The highest BCUT2D eigenvalue weighted by Crippen LogP contribution is 2.28. The molecule has 2 aromatic rings. The topological polar surface area (TPSA) is 72.9 Å². The lowest BCUT2D eigenvalue weighted by Gasteiger charge is -2.24. The number of anilines is 1. The van der Waals surface area contributed by atoms with Gasteiger partial charge in [0, 0.05) is 30.9 Å². The summed E-state index contributed by atoms with van der Waals surface area (Å²) in [6.45, 7) is 2.59. The molecule has 0 spiro atoms. The summed E-state index contributed by atoms with van der Waals surface area (Å²) in [5, 5.41) is 12.8. The first kappa shape index (κ1) is 18.3. The minimum Gasteiger partial charge on any atom is -0.508 e. The van der Waals surface area contributed by atoms with E-state index in [1.54, 1.807) is 23.1 Å². The number of aromatic hydroxyl groups is 1. The molecule has 0 fully saturated rings. The summed E-state index contributed by atoms with van der Waals surface area (Å²) in [6.07, 6.45) is 5.01. The Morgan fingerprint density at radius 2 is 1.89 bits per heavy atom. The van der Waals surface area contributed by atoms with Crippen molar-refractivity contribution >= 4 is 17.5 Å². The molecule has 0 saturated heterocycles. The van der Waals surface area contributed by atoms with Gasteiger partial charge < -0.3 is 20.2 Å². The predicted molar refractivity (Wildman–Crippen MR) is 107 cm³/mol. The number of rotatable bonds is 3. The van der Waals surface area contributed by atoms with Gasteiger partial charge in [0.25, 0.3) is 5.91 Å². The highest BCUT2D eigenvalue weighted by Gasteiger charge is 2.23. The Balaban J connectivity index is 1.53. The van der Waals surface area contributed by atoms with Gasteiger partial charge in [-0.25, -0.2) is 0 Å². The van der Waals surface area contributed by atoms with Gasteiger partial charge in [0.2, 0.25) is 5.91 Å². The van der Waals surface area contributed by atoms with Crippen LogP contribution in [0.15, 0.2) is 54.6 Å². The van der Waals surface area contributed by atoms with Gasteiger partial charge >= 0.3 is 0 Å². The molecule has 2 aliphatic rings. The molecule has 6 nitrogen and oxygen atoms in total. The first-order chi connectivity index (χ1) is 13.6. The van der Waals surface area contributed by atoms with Crippen molar-refractivity contribution in [2.75, 3.05) is 24.5 Å². The van der Waals surface area contributed by atoms with Gasteiger partial charge in [-0.15, -0.1) is 0 Å². The molecule has 0 saturated carbocycles. The number of phenolic OH excluding ortho intramolecular Hbond substituents is 1. The van der Waals surface area contributed by atoms with Gasteiger partial charge in [-0.05, 0) is 47.9 Å². The second-order valence-electron chi connectivity index (χ2n) is 7.10. The van der Waals surface area contributed by atoms with Crippen molar-refractivity contribution in [3.63, 3.8) is 0 Å². The zero-order chi connectivity index (χ0) is 19.5. The molecular weight excluding hydrogens is 354 g/mol. The normalized spacial score (nSPS) is 16.6. The summed E-state index contributed by atoms with van der Waals surface area (Å²) < 4.78 is 0. The van der Waals surface area contributed by atoms with Crippen LogP contribution in [0.3, 0.4) is 0 Å². The number of nitrogens with one attached hydrogen (secondary N) is 1. The number of hydrogen-bond donors (Lipinski definition) is 2. The molecule has 144 valence electrons. The summed E-state index contributed by atoms with van der Waals surface area (Å²) in [6, 6.07) is 12.5. The predicted octanol–water partition coefficient (Wildman–Crippen LogP) is 2.43. The average molecular weight is 377 g/mol. The molecule has 2 aliphatic heterocycles. The summed E-state index contributed by atoms with van der Waals surface area (Å²) in [5.74, 6) is 0.196. The first-order valence-corrected chi connectivity index (χ1v) is 9.48. The van der Waals surface area contributed by atoms with E-state index < -0.39 is 0 Å². The van der Waals surface area contributed by atoms with E-state index in [1.165, 1.54) is 0 Å². The molecule has 0 unspecified atom stereocenters. The van der Waals surface area contributed by atoms with E-state index in [1.807, 2.05) is 35.2 Å². The highest BCUT2D eigenvalue weighted by atomic mass is 16.3. The molecule has 4 rings (SSSR count). The minimum atomic E-state index is -0.0234. The number of carbonyl (C=O) groups is 2. The summed E-state index contributed by atoms with van der Waals surface area (Å²) >= 11 is 0. The van der Waals surface area contributed by atoms with Crippen LogP contribution in [-0.4, -0.2) is 41.5 Å². The zero-order valence-electron chi connectivity index (χ0n) is 15.6. The number of nitrogens with zero attached hydrogens (tertiary/aromatic N) is 2. The standard InChI is InChI=1S/C22H23N3O3/c26-19-8-9-20-18(12-19)13-23-14-21(27)25(20)15-16-4-6-17(7-5-16)22(28)24-10-2-1-3-11-24/h1-2,4-9,12,23,26H,3,10-11,13-15H2. The maximum absolute atomic E-state index is 12.6. The van der Waals surface area contributed by atoms with Crippen molar-refractivity contribution in [1.29, 1.82) is 0 Å². The Kier molecular flexibility index (Phi) is 5.12. The second kappa shape index (κ2) is 7.86. The van der Waals surface area contributed by atoms with Crippen molar-refractivity contribution < 1.29 is 14.7 Å². The number of phenols is 1. The third-order valence-electron chi connectivity index (χ3n) is 5.13. The summed E-state index contributed by atoms with van der Waals surface area (Å²) in [7, 11) is 0. The van der Waals surface area contributed by atoms with Crippen LogP contribution in [0.1, 0.15) is 27.9 Å². The van der Waals surface area contributed by atoms with Crippen LogP contribution in [0.4, 0.5) is 5.69 Å². The second-order valence-corrected chi connectivity index (χ2v) is 7.10. The summed E-state index contributed by atoms with van der Waals surface area (Å²) in [5.41, 5.74) is 3.29. The molecule has 0 bridgehead atoms. The number of fused-ring (bicyclic) bond motifs is 1. The van der Waals surface area contributed by atoms with Crippen molar-refractivity contribution in [3.05, 3.63) is 71.3 Å². The van der Waals surface area contributed by atoms with Crippen LogP contribution in [0, 0.1) is 0 Å². The Hall–Kier alpha value is -3.12. The van der Waals surface area contributed by atoms with Crippen molar-refractivity contribution in [1.82, 2.24) is 10.2 Å².